The van der Waals surface area contributed by atoms with E-state index in [0.717, 1.165) is 29.5 Å². The van der Waals surface area contributed by atoms with Crippen molar-refractivity contribution in [2.24, 2.45) is 5.41 Å². The van der Waals surface area contributed by atoms with E-state index >= 15 is 0 Å². The summed E-state index contributed by atoms with van der Waals surface area (Å²) in [6, 6.07) is 10.5. The first-order valence-corrected chi connectivity index (χ1v) is 8.33. The molecule has 2 nitrogen and oxygen atoms in total. The molecule has 1 saturated carbocycles. The Morgan fingerprint density at radius 3 is 2.25 bits per heavy atom. The summed E-state index contributed by atoms with van der Waals surface area (Å²) in [5.41, 5.74) is -0.157. The van der Waals surface area contributed by atoms with Gasteiger partial charge in [-0.25, -0.2) is 0 Å². The number of hydrogen-bond acceptors (Lipinski definition) is 2. The monoisotopic (exact) mass is 335 g/mol. The van der Waals surface area contributed by atoms with Crippen molar-refractivity contribution < 1.29 is 4.74 Å². The largest absolute Gasteiger partial charge is 0.494 e. The highest BCUT2D eigenvalue weighted by Gasteiger charge is 2.30. The van der Waals surface area contributed by atoms with Crippen LogP contribution in [0.25, 0.3) is 0 Å². The molecular formula is C17H22BrNO. The summed E-state index contributed by atoms with van der Waals surface area (Å²) in [5, 5.41) is 9.58. The third-order valence-corrected chi connectivity index (χ3v) is 4.74. The van der Waals surface area contributed by atoms with E-state index in [9.17, 15) is 5.26 Å². The first-order valence-electron chi connectivity index (χ1n) is 7.54. The Morgan fingerprint density at radius 1 is 1.05 bits per heavy atom. The summed E-state index contributed by atoms with van der Waals surface area (Å²) in [7, 11) is 0. The van der Waals surface area contributed by atoms with Gasteiger partial charge in [-0.2, -0.15) is 5.26 Å². The summed E-state index contributed by atoms with van der Waals surface area (Å²) in [6.07, 6.45) is 9.17. The van der Waals surface area contributed by atoms with E-state index in [0.29, 0.717) is 6.61 Å². The number of hydrogen-bond donors (Lipinski definition) is 0. The molecule has 0 aliphatic heterocycles. The van der Waals surface area contributed by atoms with E-state index in [-0.39, 0.29) is 5.41 Å². The maximum atomic E-state index is 9.58. The Hall–Kier alpha value is -1.01. The van der Waals surface area contributed by atoms with E-state index in [4.69, 9.17) is 4.74 Å². The molecule has 0 bridgehead atoms. The van der Waals surface area contributed by atoms with Crippen molar-refractivity contribution in [1.29, 1.82) is 5.26 Å². The van der Waals surface area contributed by atoms with Crippen LogP contribution in [0.15, 0.2) is 28.7 Å². The van der Waals surface area contributed by atoms with Crippen molar-refractivity contribution in [2.45, 2.75) is 51.4 Å². The van der Waals surface area contributed by atoms with E-state index in [1.807, 2.05) is 24.3 Å². The van der Waals surface area contributed by atoms with Crippen molar-refractivity contribution >= 4 is 15.9 Å². The Labute approximate surface area is 130 Å². The van der Waals surface area contributed by atoms with Crippen molar-refractivity contribution in [3.63, 3.8) is 0 Å². The molecule has 0 amide bonds. The molecule has 0 spiro atoms. The van der Waals surface area contributed by atoms with Crippen LogP contribution in [0.3, 0.4) is 0 Å². The molecule has 2 rings (SSSR count). The summed E-state index contributed by atoms with van der Waals surface area (Å²) < 4.78 is 6.84. The van der Waals surface area contributed by atoms with Gasteiger partial charge in [-0.3, -0.25) is 0 Å². The van der Waals surface area contributed by atoms with Crippen LogP contribution in [0.5, 0.6) is 5.75 Å². The normalized spacial score (nSPS) is 18.6. The minimum atomic E-state index is -0.157. The van der Waals surface area contributed by atoms with Crippen LogP contribution >= 0.6 is 15.9 Å². The molecule has 0 N–H and O–H groups in total. The fraction of sp³-hybridized carbons (Fsp3) is 0.588. The van der Waals surface area contributed by atoms with Crippen molar-refractivity contribution in [2.75, 3.05) is 6.61 Å². The van der Waals surface area contributed by atoms with Gasteiger partial charge in [0.2, 0.25) is 0 Å². The lowest BCUT2D eigenvalue weighted by Gasteiger charge is -2.28. The van der Waals surface area contributed by atoms with Gasteiger partial charge in [0.1, 0.15) is 5.75 Å². The summed E-state index contributed by atoms with van der Waals surface area (Å²) in [5.74, 6) is 0.882. The molecule has 1 aromatic rings. The topological polar surface area (TPSA) is 33.0 Å². The number of halogens is 1. The number of nitriles is 1. The van der Waals surface area contributed by atoms with Gasteiger partial charge in [-0.1, -0.05) is 48.0 Å². The van der Waals surface area contributed by atoms with Crippen LogP contribution in [-0.2, 0) is 0 Å². The average molecular weight is 336 g/mol. The van der Waals surface area contributed by atoms with Crippen molar-refractivity contribution in [3.8, 4) is 11.8 Å². The average Bonchev–Trinajstić information content (AvgIpc) is 2.44. The number of nitrogens with zero attached hydrogens (tertiary/aromatic N) is 1. The summed E-state index contributed by atoms with van der Waals surface area (Å²) in [4.78, 5) is 0. The minimum Gasteiger partial charge on any atom is -0.494 e. The maximum absolute atomic E-state index is 9.58. The number of rotatable bonds is 4. The van der Waals surface area contributed by atoms with Gasteiger partial charge in [0, 0.05) is 10.9 Å². The van der Waals surface area contributed by atoms with Gasteiger partial charge in [-0.05, 0) is 37.1 Å². The Morgan fingerprint density at radius 2 is 1.65 bits per heavy atom. The molecule has 3 heteroatoms. The molecule has 0 saturated heterocycles. The third-order valence-electron chi connectivity index (χ3n) is 4.21. The first-order chi connectivity index (χ1) is 9.74. The van der Waals surface area contributed by atoms with E-state index in [2.05, 4.69) is 22.0 Å². The highest BCUT2D eigenvalue weighted by molar-refractivity contribution is 9.10. The number of ether oxygens (including phenoxy) is 1. The number of benzene rings is 1. The molecule has 1 fully saturated rings. The lowest BCUT2D eigenvalue weighted by atomic mass is 9.75. The molecular weight excluding hydrogens is 314 g/mol. The fourth-order valence-corrected chi connectivity index (χ4v) is 3.16. The first kappa shape index (κ1) is 15.4. The molecule has 1 aliphatic rings. The van der Waals surface area contributed by atoms with Gasteiger partial charge < -0.3 is 4.74 Å². The van der Waals surface area contributed by atoms with E-state index in [1.165, 1.54) is 32.1 Å². The zero-order valence-electron chi connectivity index (χ0n) is 11.9. The van der Waals surface area contributed by atoms with Gasteiger partial charge in [-0.15, -0.1) is 0 Å². The SMILES string of the molecule is N#CC1(CCOc2ccc(Br)cc2)CCCCCCC1. The van der Waals surface area contributed by atoms with Crippen molar-refractivity contribution in [1.82, 2.24) is 0 Å². The standard InChI is InChI=1S/C17H22BrNO/c18-15-6-8-16(9-7-15)20-13-12-17(14-19)10-4-2-1-3-5-11-17/h6-9H,1-5,10-13H2. The molecule has 0 heterocycles. The zero-order valence-corrected chi connectivity index (χ0v) is 13.5. The van der Waals surface area contributed by atoms with Crippen LogP contribution in [-0.4, -0.2) is 6.61 Å². The summed E-state index contributed by atoms with van der Waals surface area (Å²) in [6.45, 7) is 0.634. The molecule has 20 heavy (non-hydrogen) atoms. The van der Waals surface area contributed by atoms with Crippen LogP contribution in [0.1, 0.15) is 51.4 Å². The molecule has 0 radical (unpaired) electrons. The fourth-order valence-electron chi connectivity index (χ4n) is 2.89. The molecule has 108 valence electrons. The highest BCUT2D eigenvalue weighted by atomic mass is 79.9. The van der Waals surface area contributed by atoms with Gasteiger partial charge >= 0.3 is 0 Å². The lowest BCUT2D eigenvalue weighted by Crippen LogP contribution is -2.23. The van der Waals surface area contributed by atoms with Crippen LogP contribution in [0.2, 0.25) is 0 Å². The van der Waals surface area contributed by atoms with Crippen LogP contribution < -0.4 is 4.74 Å². The van der Waals surface area contributed by atoms with Crippen LogP contribution in [0, 0.1) is 16.7 Å². The molecule has 1 aromatic carbocycles. The predicted molar refractivity (Wildman–Crippen MR) is 84.6 cm³/mol. The van der Waals surface area contributed by atoms with E-state index < -0.39 is 0 Å². The van der Waals surface area contributed by atoms with E-state index in [1.54, 1.807) is 0 Å². The second-order valence-electron chi connectivity index (χ2n) is 5.71. The Kier molecular flexibility index (Phi) is 5.91. The maximum Gasteiger partial charge on any atom is 0.119 e. The van der Waals surface area contributed by atoms with Gasteiger partial charge in [0.25, 0.3) is 0 Å². The lowest BCUT2D eigenvalue weighted by molar-refractivity contribution is 0.205. The van der Waals surface area contributed by atoms with Crippen molar-refractivity contribution in [3.05, 3.63) is 28.7 Å². The second-order valence-corrected chi connectivity index (χ2v) is 6.63. The Bertz CT molecular complexity index is 441. The molecule has 0 aromatic heterocycles. The van der Waals surface area contributed by atoms with Crippen LogP contribution in [0.4, 0.5) is 0 Å². The smallest absolute Gasteiger partial charge is 0.119 e. The highest BCUT2D eigenvalue weighted by Crippen LogP contribution is 2.36. The predicted octanol–water partition coefficient (Wildman–Crippen LogP) is 5.47. The Balaban J connectivity index is 1.86. The second kappa shape index (κ2) is 7.69. The zero-order chi connectivity index (χ0) is 14.3. The minimum absolute atomic E-state index is 0.157. The summed E-state index contributed by atoms with van der Waals surface area (Å²) >= 11 is 3.41. The third kappa shape index (κ3) is 4.52. The molecule has 0 atom stereocenters. The quantitative estimate of drug-likeness (QED) is 0.730. The molecule has 0 unspecified atom stereocenters. The van der Waals surface area contributed by atoms with Gasteiger partial charge in [0.05, 0.1) is 18.1 Å². The molecule has 1 aliphatic carbocycles. The van der Waals surface area contributed by atoms with Gasteiger partial charge in [0.15, 0.2) is 0 Å².